The van der Waals surface area contributed by atoms with Crippen LogP contribution in [0, 0.1) is 0 Å². The van der Waals surface area contributed by atoms with Crippen LogP contribution in [0.15, 0.2) is 84.9 Å². The molecule has 0 spiro atoms. The minimum absolute atomic E-state index is 0.120. The van der Waals surface area contributed by atoms with Crippen molar-refractivity contribution in [1.82, 2.24) is 0 Å². The predicted octanol–water partition coefficient (Wildman–Crippen LogP) is 4.23. The largest absolute Gasteiger partial charge is 0.478 e. The maximum absolute atomic E-state index is 12.4. The fourth-order valence-electron chi connectivity index (χ4n) is 2.49. The Balaban J connectivity index is 1.66. The first-order valence-electron chi connectivity index (χ1n) is 8.46. The Labute approximate surface area is 161 Å². The Hall–Kier alpha value is -3.99. The molecule has 1 N–H and O–H groups in total. The summed E-state index contributed by atoms with van der Waals surface area (Å²) in [6, 6.07) is 21.6. The highest BCUT2D eigenvalue weighted by Crippen LogP contribution is 2.16. The van der Waals surface area contributed by atoms with Crippen LogP contribution in [-0.4, -0.2) is 22.8 Å². The second-order valence-electron chi connectivity index (χ2n) is 5.90. The molecule has 0 aromatic heterocycles. The van der Waals surface area contributed by atoms with E-state index in [9.17, 15) is 14.4 Å². The first kappa shape index (κ1) is 18.8. The second kappa shape index (κ2) is 8.60. The summed E-state index contributed by atoms with van der Waals surface area (Å²) in [5.41, 5.74) is 2.05. The Bertz CT molecular complexity index is 1020. The van der Waals surface area contributed by atoms with Gasteiger partial charge in [-0.3, -0.25) is 4.79 Å². The van der Waals surface area contributed by atoms with E-state index in [1.807, 2.05) is 6.07 Å². The average Bonchev–Trinajstić information content (AvgIpc) is 2.73. The van der Waals surface area contributed by atoms with Crippen LogP contribution in [0.4, 0.5) is 0 Å². The van der Waals surface area contributed by atoms with Crippen molar-refractivity contribution in [3.8, 4) is 5.75 Å². The Morgan fingerprint density at radius 2 is 1.29 bits per heavy atom. The van der Waals surface area contributed by atoms with E-state index in [2.05, 4.69) is 0 Å². The van der Waals surface area contributed by atoms with Crippen molar-refractivity contribution in [2.75, 3.05) is 0 Å². The number of carbonyl (C=O) groups excluding carboxylic acids is 2. The van der Waals surface area contributed by atoms with Crippen LogP contribution in [0.1, 0.15) is 31.8 Å². The molecule has 0 amide bonds. The van der Waals surface area contributed by atoms with Crippen molar-refractivity contribution in [3.63, 3.8) is 0 Å². The maximum atomic E-state index is 12.4. The van der Waals surface area contributed by atoms with Crippen LogP contribution in [0.5, 0.6) is 5.75 Å². The van der Waals surface area contributed by atoms with E-state index in [0.29, 0.717) is 28.0 Å². The first-order valence-corrected chi connectivity index (χ1v) is 8.46. The van der Waals surface area contributed by atoms with Gasteiger partial charge in [0.05, 0.1) is 5.56 Å². The van der Waals surface area contributed by atoms with Crippen LogP contribution in [-0.2, 0) is 4.79 Å². The normalized spacial score (nSPS) is 10.6. The summed E-state index contributed by atoms with van der Waals surface area (Å²) in [6.07, 6.45) is 2.47. The zero-order valence-electron chi connectivity index (χ0n) is 14.7. The van der Waals surface area contributed by atoms with Crippen LogP contribution in [0.3, 0.4) is 0 Å². The molecule has 0 aliphatic carbocycles. The van der Waals surface area contributed by atoms with Gasteiger partial charge in [-0.05, 0) is 35.9 Å². The number of aliphatic carboxylic acids is 1. The third-order valence-electron chi connectivity index (χ3n) is 3.93. The lowest BCUT2D eigenvalue weighted by atomic mass is 10.0. The summed E-state index contributed by atoms with van der Waals surface area (Å²) in [5.74, 6) is -1.37. The van der Waals surface area contributed by atoms with E-state index in [0.717, 1.165) is 6.08 Å². The molecule has 5 heteroatoms. The second-order valence-corrected chi connectivity index (χ2v) is 5.90. The highest BCUT2D eigenvalue weighted by Gasteiger charge is 2.12. The van der Waals surface area contributed by atoms with Crippen molar-refractivity contribution in [1.29, 1.82) is 0 Å². The molecule has 138 valence electrons. The SMILES string of the molecule is O=C(O)/C=C/c1ccc(OC(=O)c2ccc(C(=O)c3ccccc3)cc2)cc1. The fraction of sp³-hybridized carbons (Fsp3) is 0. The van der Waals surface area contributed by atoms with Crippen molar-refractivity contribution >= 4 is 23.8 Å². The topological polar surface area (TPSA) is 80.7 Å². The van der Waals surface area contributed by atoms with Crippen LogP contribution in [0.25, 0.3) is 6.08 Å². The predicted molar refractivity (Wildman–Crippen MR) is 104 cm³/mol. The number of carbonyl (C=O) groups is 3. The highest BCUT2D eigenvalue weighted by atomic mass is 16.5. The molecule has 0 heterocycles. The third kappa shape index (κ3) is 4.80. The van der Waals surface area contributed by atoms with Crippen molar-refractivity contribution in [2.45, 2.75) is 0 Å². The lowest BCUT2D eigenvalue weighted by molar-refractivity contribution is -0.131. The Morgan fingerprint density at radius 1 is 0.714 bits per heavy atom. The molecule has 0 saturated heterocycles. The number of ketones is 1. The Morgan fingerprint density at radius 3 is 1.89 bits per heavy atom. The van der Waals surface area contributed by atoms with Gasteiger partial charge in [0, 0.05) is 17.2 Å². The quantitative estimate of drug-likeness (QED) is 0.303. The van der Waals surface area contributed by atoms with Gasteiger partial charge < -0.3 is 9.84 Å². The molecule has 0 bridgehead atoms. The smallest absolute Gasteiger partial charge is 0.343 e. The summed E-state index contributed by atoms with van der Waals surface area (Å²) in [6.45, 7) is 0. The van der Waals surface area contributed by atoms with Crippen LogP contribution < -0.4 is 4.74 Å². The number of esters is 1. The molecule has 0 aliphatic heterocycles. The van der Waals surface area contributed by atoms with E-state index in [1.165, 1.54) is 6.08 Å². The standard InChI is InChI=1S/C23H16O5/c24-21(25)15-8-16-6-13-20(14-7-16)28-23(27)19-11-9-18(10-12-19)22(26)17-4-2-1-3-5-17/h1-15H,(H,24,25)/b15-8+. The zero-order chi connectivity index (χ0) is 19.9. The number of carboxylic acids is 1. The van der Waals surface area contributed by atoms with Crippen LogP contribution >= 0.6 is 0 Å². The first-order chi connectivity index (χ1) is 13.5. The summed E-state index contributed by atoms with van der Waals surface area (Å²) < 4.78 is 5.30. The lowest BCUT2D eigenvalue weighted by Crippen LogP contribution is -2.09. The van der Waals surface area contributed by atoms with Gasteiger partial charge >= 0.3 is 11.9 Å². The summed E-state index contributed by atoms with van der Waals surface area (Å²) >= 11 is 0. The van der Waals surface area contributed by atoms with Gasteiger partial charge in [0.15, 0.2) is 5.78 Å². The molecule has 0 aliphatic rings. The monoisotopic (exact) mass is 372 g/mol. The number of hydrogen-bond acceptors (Lipinski definition) is 4. The molecule has 5 nitrogen and oxygen atoms in total. The van der Waals surface area contributed by atoms with Gasteiger partial charge in [0.2, 0.25) is 0 Å². The molecule has 3 aromatic rings. The lowest BCUT2D eigenvalue weighted by Gasteiger charge is -2.06. The van der Waals surface area contributed by atoms with Gasteiger partial charge in [-0.1, -0.05) is 54.6 Å². The molecule has 0 atom stereocenters. The molecule has 0 unspecified atom stereocenters. The van der Waals surface area contributed by atoms with Crippen molar-refractivity contribution in [2.24, 2.45) is 0 Å². The summed E-state index contributed by atoms with van der Waals surface area (Å²) in [4.78, 5) is 35.2. The van der Waals surface area contributed by atoms with Gasteiger partial charge in [-0.25, -0.2) is 9.59 Å². The number of hydrogen-bond donors (Lipinski definition) is 1. The molecule has 0 saturated carbocycles. The van der Waals surface area contributed by atoms with E-state index in [1.54, 1.807) is 72.8 Å². The number of benzene rings is 3. The van der Waals surface area contributed by atoms with Crippen molar-refractivity contribution in [3.05, 3.63) is 107 Å². The van der Waals surface area contributed by atoms with Crippen LogP contribution in [0.2, 0.25) is 0 Å². The van der Waals surface area contributed by atoms with E-state index in [-0.39, 0.29) is 5.78 Å². The van der Waals surface area contributed by atoms with Gasteiger partial charge in [0.1, 0.15) is 5.75 Å². The summed E-state index contributed by atoms with van der Waals surface area (Å²) in [7, 11) is 0. The van der Waals surface area contributed by atoms with E-state index in [4.69, 9.17) is 9.84 Å². The average molecular weight is 372 g/mol. The van der Waals surface area contributed by atoms with Gasteiger partial charge in [-0.2, -0.15) is 0 Å². The van der Waals surface area contributed by atoms with E-state index >= 15 is 0 Å². The number of rotatable bonds is 6. The third-order valence-corrected chi connectivity index (χ3v) is 3.93. The fourth-order valence-corrected chi connectivity index (χ4v) is 2.49. The van der Waals surface area contributed by atoms with Gasteiger partial charge in [0.25, 0.3) is 0 Å². The molecule has 3 aromatic carbocycles. The molecule has 3 rings (SSSR count). The minimum atomic E-state index is -1.04. The molecule has 28 heavy (non-hydrogen) atoms. The molecule has 0 fully saturated rings. The number of ether oxygens (including phenoxy) is 1. The van der Waals surface area contributed by atoms with Gasteiger partial charge in [-0.15, -0.1) is 0 Å². The number of carboxylic acid groups (broad SMARTS) is 1. The highest BCUT2D eigenvalue weighted by molar-refractivity contribution is 6.09. The van der Waals surface area contributed by atoms with E-state index < -0.39 is 11.9 Å². The summed E-state index contributed by atoms with van der Waals surface area (Å²) in [5, 5.41) is 8.62. The maximum Gasteiger partial charge on any atom is 0.343 e. The molecule has 0 radical (unpaired) electrons. The Kier molecular flexibility index (Phi) is 5.77. The minimum Gasteiger partial charge on any atom is -0.478 e. The van der Waals surface area contributed by atoms with Crippen molar-refractivity contribution < 1.29 is 24.2 Å². The zero-order valence-corrected chi connectivity index (χ0v) is 14.7. The molecular formula is C23H16O5. The molecular weight excluding hydrogens is 356 g/mol.